The van der Waals surface area contributed by atoms with Crippen LogP contribution in [0.1, 0.15) is 21.8 Å². The summed E-state index contributed by atoms with van der Waals surface area (Å²) in [5.74, 6) is -0.729. The molecule has 104 valence electrons. The van der Waals surface area contributed by atoms with Gasteiger partial charge in [-0.05, 0) is 19.1 Å². The quantitative estimate of drug-likeness (QED) is 0.635. The zero-order valence-electron chi connectivity index (χ0n) is 10.5. The lowest BCUT2D eigenvalue weighted by atomic mass is 10.1. The molecule has 1 aromatic carbocycles. The Bertz CT molecular complexity index is 665. The molecule has 0 aliphatic heterocycles. The average molecular weight is 277 g/mol. The molecule has 0 aliphatic rings. The second kappa shape index (κ2) is 5.39. The third-order valence-electron chi connectivity index (χ3n) is 2.59. The van der Waals surface area contributed by atoms with Crippen LogP contribution < -0.4 is 5.32 Å². The number of nitro benzene ring substituents is 1. The summed E-state index contributed by atoms with van der Waals surface area (Å²) in [6.45, 7) is 1.92. The molecule has 0 aliphatic carbocycles. The Morgan fingerprint density at radius 3 is 2.85 bits per heavy atom. The van der Waals surface area contributed by atoms with Gasteiger partial charge in [0.2, 0.25) is 0 Å². The number of carbonyl (C=O) groups is 1. The van der Waals surface area contributed by atoms with E-state index in [0.29, 0.717) is 11.5 Å². The van der Waals surface area contributed by atoms with Crippen molar-refractivity contribution in [1.82, 2.24) is 5.16 Å². The van der Waals surface area contributed by atoms with Crippen LogP contribution in [-0.4, -0.2) is 21.2 Å². The third kappa shape index (κ3) is 2.74. The molecule has 0 saturated heterocycles. The molecule has 20 heavy (non-hydrogen) atoms. The van der Waals surface area contributed by atoms with Crippen LogP contribution in [0.2, 0.25) is 0 Å². The van der Waals surface area contributed by atoms with E-state index in [1.807, 2.05) is 0 Å². The lowest BCUT2D eigenvalue weighted by Gasteiger charge is -2.06. The van der Waals surface area contributed by atoms with Crippen molar-refractivity contribution in [1.29, 1.82) is 0 Å². The van der Waals surface area contributed by atoms with Gasteiger partial charge in [0.15, 0.2) is 0 Å². The number of carboxylic acid groups (broad SMARTS) is 1. The average Bonchev–Trinajstić information content (AvgIpc) is 2.81. The molecule has 0 spiro atoms. The molecule has 0 bridgehead atoms. The summed E-state index contributed by atoms with van der Waals surface area (Å²) in [5.41, 5.74) is -0.148. The molecule has 0 fully saturated rings. The number of aromatic carboxylic acids is 1. The van der Waals surface area contributed by atoms with E-state index in [-0.39, 0.29) is 17.8 Å². The second-order valence-corrected chi connectivity index (χ2v) is 4.05. The van der Waals surface area contributed by atoms with Crippen molar-refractivity contribution in [2.24, 2.45) is 0 Å². The maximum Gasteiger partial charge on any atom is 0.342 e. The summed E-state index contributed by atoms with van der Waals surface area (Å²) in [6, 6.07) is 5.75. The fraction of sp³-hybridized carbons (Fsp3) is 0.167. The van der Waals surface area contributed by atoms with Crippen molar-refractivity contribution in [3.05, 3.63) is 51.4 Å². The number of nitrogens with zero attached hydrogens (tertiary/aromatic N) is 2. The van der Waals surface area contributed by atoms with Crippen LogP contribution in [0.5, 0.6) is 0 Å². The molecule has 2 aromatic rings. The molecular weight excluding hydrogens is 266 g/mol. The molecule has 0 atom stereocenters. The van der Waals surface area contributed by atoms with Gasteiger partial charge < -0.3 is 14.9 Å². The molecule has 8 heteroatoms. The first-order chi connectivity index (χ1) is 9.49. The minimum absolute atomic E-state index is 0.121. The SMILES string of the molecule is Cc1cc(CNc2cccc(C(=O)O)c2[N+](=O)[O-])no1. The number of carboxylic acids is 1. The Hall–Kier alpha value is -2.90. The highest BCUT2D eigenvalue weighted by molar-refractivity contribution is 5.95. The smallest absolute Gasteiger partial charge is 0.342 e. The van der Waals surface area contributed by atoms with E-state index in [1.54, 1.807) is 13.0 Å². The lowest BCUT2D eigenvalue weighted by Crippen LogP contribution is -2.08. The summed E-state index contributed by atoms with van der Waals surface area (Å²) in [5, 5.41) is 26.5. The fourth-order valence-electron chi connectivity index (χ4n) is 1.74. The zero-order valence-corrected chi connectivity index (χ0v) is 10.5. The van der Waals surface area contributed by atoms with Gasteiger partial charge >= 0.3 is 11.7 Å². The Morgan fingerprint density at radius 1 is 1.55 bits per heavy atom. The fourth-order valence-corrected chi connectivity index (χ4v) is 1.74. The first kappa shape index (κ1) is 13.5. The van der Waals surface area contributed by atoms with Gasteiger partial charge in [0.25, 0.3) is 0 Å². The van der Waals surface area contributed by atoms with Gasteiger partial charge in [0.1, 0.15) is 22.7 Å². The van der Waals surface area contributed by atoms with Gasteiger partial charge in [-0.3, -0.25) is 10.1 Å². The number of rotatable bonds is 5. The van der Waals surface area contributed by atoms with Crippen LogP contribution in [0.4, 0.5) is 11.4 Å². The number of para-hydroxylation sites is 1. The van der Waals surface area contributed by atoms with E-state index in [4.69, 9.17) is 9.63 Å². The van der Waals surface area contributed by atoms with Crippen LogP contribution in [-0.2, 0) is 6.54 Å². The largest absolute Gasteiger partial charge is 0.477 e. The molecule has 1 heterocycles. The minimum Gasteiger partial charge on any atom is -0.477 e. The van der Waals surface area contributed by atoms with Crippen LogP contribution in [0.25, 0.3) is 0 Å². The first-order valence-electron chi connectivity index (χ1n) is 5.66. The molecule has 0 amide bonds. The number of hydrogen-bond acceptors (Lipinski definition) is 6. The normalized spacial score (nSPS) is 10.2. The Labute approximate surface area is 113 Å². The predicted octanol–water partition coefficient (Wildman–Crippen LogP) is 2.20. The van der Waals surface area contributed by atoms with Crippen molar-refractivity contribution < 1.29 is 19.3 Å². The van der Waals surface area contributed by atoms with Crippen LogP contribution in [0.3, 0.4) is 0 Å². The summed E-state index contributed by atoms with van der Waals surface area (Å²) < 4.78 is 4.87. The molecule has 0 unspecified atom stereocenters. The highest BCUT2D eigenvalue weighted by Gasteiger charge is 2.24. The third-order valence-corrected chi connectivity index (χ3v) is 2.59. The van der Waals surface area contributed by atoms with Crippen molar-refractivity contribution in [3.8, 4) is 0 Å². The Morgan fingerprint density at radius 2 is 2.30 bits per heavy atom. The number of anilines is 1. The topological polar surface area (TPSA) is 118 Å². The predicted molar refractivity (Wildman–Crippen MR) is 68.6 cm³/mol. The first-order valence-corrected chi connectivity index (χ1v) is 5.66. The minimum atomic E-state index is -1.35. The number of aryl methyl sites for hydroxylation is 1. The molecule has 2 rings (SSSR count). The summed E-state index contributed by atoms with van der Waals surface area (Å²) >= 11 is 0. The molecule has 8 nitrogen and oxygen atoms in total. The maximum atomic E-state index is 11.0. The van der Waals surface area contributed by atoms with E-state index in [0.717, 1.165) is 0 Å². The van der Waals surface area contributed by atoms with E-state index in [1.165, 1.54) is 18.2 Å². The molecular formula is C12H11N3O5. The van der Waals surface area contributed by atoms with Gasteiger partial charge in [0.05, 0.1) is 11.5 Å². The molecule has 2 N–H and O–H groups in total. The molecule has 0 saturated carbocycles. The molecule has 1 aromatic heterocycles. The zero-order chi connectivity index (χ0) is 14.7. The van der Waals surface area contributed by atoms with E-state index < -0.39 is 16.6 Å². The lowest BCUT2D eigenvalue weighted by molar-refractivity contribution is -0.384. The second-order valence-electron chi connectivity index (χ2n) is 4.05. The summed E-state index contributed by atoms with van der Waals surface area (Å²) in [7, 11) is 0. The van der Waals surface area contributed by atoms with Crippen molar-refractivity contribution >= 4 is 17.3 Å². The highest BCUT2D eigenvalue weighted by atomic mass is 16.6. The van der Waals surface area contributed by atoms with E-state index >= 15 is 0 Å². The molecule has 0 radical (unpaired) electrons. The van der Waals surface area contributed by atoms with Gasteiger partial charge in [-0.2, -0.15) is 0 Å². The number of hydrogen-bond donors (Lipinski definition) is 2. The van der Waals surface area contributed by atoms with Crippen LogP contribution >= 0.6 is 0 Å². The highest BCUT2D eigenvalue weighted by Crippen LogP contribution is 2.29. The van der Waals surface area contributed by atoms with Gasteiger partial charge in [0, 0.05) is 6.07 Å². The van der Waals surface area contributed by atoms with Gasteiger partial charge in [-0.1, -0.05) is 11.2 Å². The van der Waals surface area contributed by atoms with Crippen molar-refractivity contribution in [2.45, 2.75) is 13.5 Å². The van der Waals surface area contributed by atoms with Crippen LogP contribution in [0, 0.1) is 17.0 Å². The summed E-state index contributed by atoms with van der Waals surface area (Å²) in [4.78, 5) is 21.3. The number of benzene rings is 1. The van der Waals surface area contributed by atoms with Gasteiger partial charge in [-0.15, -0.1) is 0 Å². The maximum absolute atomic E-state index is 11.0. The number of aromatic nitrogens is 1. The monoisotopic (exact) mass is 277 g/mol. The summed E-state index contributed by atoms with van der Waals surface area (Å²) in [6.07, 6.45) is 0. The van der Waals surface area contributed by atoms with Crippen molar-refractivity contribution in [3.63, 3.8) is 0 Å². The van der Waals surface area contributed by atoms with Crippen LogP contribution in [0.15, 0.2) is 28.8 Å². The standard InChI is InChI=1S/C12H11N3O5/c1-7-5-8(14-20-7)6-13-10-4-2-3-9(12(16)17)11(10)15(18)19/h2-5,13H,6H2,1H3,(H,16,17). The van der Waals surface area contributed by atoms with Crippen molar-refractivity contribution in [2.75, 3.05) is 5.32 Å². The Kier molecular flexibility index (Phi) is 3.65. The number of nitro groups is 1. The van der Waals surface area contributed by atoms with E-state index in [2.05, 4.69) is 10.5 Å². The Balaban J connectivity index is 2.29. The van der Waals surface area contributed by atoms with E-state index in [9.17, 15) is 14.9 Å². The number of nitrogens with one attached hydrogen (secondary N) is 1. The van der Waals surface area contributed by atoms with Gasteiger partial charge in [-0.25, -0.2) is 4.79 Å².